The number of carbonyl (C=O) groups is 1. The molecule has 0 fully saturated rings. The lowest BCUT2D eigenvalue weighted by molar-refractivity contribution is -0.163. The maximum atomic E-state index is 13.3. The SMILES string of the molecule is CCCCc1nc(Cl)c(C(C(=O)OC)([C@@H](C)O)N(C)C)n1Cc1ccc(-c2ccccc2-c2nn[nH]n2)cc1. The zero-order chi connectivity index (χ0) is 28.2. The Kier molecular flexibility index (Phi) is 8.79. The van der Waals surface area contributed by atoms with E-state index in [1.807, 2.05) is 53.1 Å². The average Bonchev–Trinajstić information content (AvgIpc) is 3.57. The molecule has 2 N–H and O–H groups in total. The van der Waals surface area contributed by atoms with E-state index in [2.05, 4.69) is 32.5 Å². The minimum Gasteiger partial charge on any atom is -0.467 e. The number of aromatic nitrogens is 6. The van der Waals surface area contributed by atoms with E-state index in [9.17, 15) is 9.90 Å². The van der Waals surface area contributed by atoms with Gasteiger partial charge >= 0.3 is 5.97 Å². The minimum absolute atomic E-state index is 0.173. The summed E-state index contributed by atoms with van der Waals surface area (Å²) in [5, 5.41) is 25.6. The third-order valence-electron chi connectivity index (χ3n) is 7.04. The first-order valence-electron chi connectivity index (χ1n) is 12.9. The molecule has 11 heteroatoms. The number of tetrazole rings is 1. The number of ether oxygens (including phenoxy) is 1. The molecule has 0 aliphatic rings. The van der Waals surface area contributed by atoms with E-state index in [0.29, 0.717) is 24.5 Å². The minimum atomic E-state index is -1.55. The number of carbonyl (C=O) groups excluding carboxylic acids is 1. The van der Waals surface area contributed by atoms with Crippen molar-refractivity contribution in [3.63, 3.8) is 0 Å². The van der Waals surface area contributed by atoms with Crippen molar-refractivity contribution in [3.05, 3.63) is 70.8 Å². The van der Waals surface area contributed by atoms with Gasteiger partial charge in [-0.25, -0.2) is 9.78 Å². The molecule has 39 heavy (non-hydrogen) atoms. The molecule has 0 aliphatic heterocycles. The first kappa shape index (κ1) is 28.4. The number of nitrogens with zero attached hydrogens (tertiary/aromatic N) is 6. The second-order valence-corrected chi connectivity index (χ2v) is 10.0. The smallest absolute Gasteiger partial charge is 0.335 e. The van der Waals surface area contributed by atoms with E-state index in [4.69, 9.17) is 16.3 Å². The summed E-state index contributed by atoms with van der Waals surface area (Å²) in [4.78, 5) is 19.6. The van der Waals surface area contributed by atoms with E-state index in [1.165, 1.54) is 7.11 Å². The molecule has 2 aromatic heterocycles. The van der Waals surface area contributed by atoms with Crippen LogP contribution in [0.1, 0.15) is 43.8 Å². The lowest BCUT2D eigenvalue weighted by Gasteiger charge is -2.40. The molecule has 206 valence electrons. The molecule has 2 heterocycles. The van der Waals surface area contributed by atoms with Gasteiger partial charge in [0.25, 0.3) is 0 Å². The Morgan fingerprint density at radius 2 is 1.87 bits per heavy atom. The monoisotopic (exact) mass is 551 g/mol. The number of likely N-dealkylation sites (N-methyl/N-ethyl adjacent to an activating group) is 1. The number of H-pyrrole nitrogens is 1. The second-order valence-electron chi connectivity index (χ2n) is 9.66. The molecular weight excluding hydrogens is 518 g/mol. The number of benzene rings is 2. The molecule has 4 rings (SSSR count). The standard InChI is InChI=1S/C28H34ClN7O3/c1-6-7-12-23-30-25(29)24(28(18(2)37,35(3)4)27(38)39-5)36(23)17-19-13-15-20(16-14-19)21-10-8-9-11-22(21)26-31-33-34-32-26/h8-11,13-16,18,37H,6-7,12,17H2,1-5H3,(H,31,32,33,34)/t18-,28?/m1/s1. The van der Waals surface area contributed by atoms with Crippen LogP contribution in [0.25, 0.3) is 22.5 Å². The number of aryl methyl sites for hydroxylation is 1. The quantitative estimate of drug-likeness (QED) is 0.267. The summed E-state index contributed by atoms with van der Waals surface area (Å²) in [5.41, 5.74) is 2.69. The van der Waals surface area contributed by atoms with Gasteiger partial charge in [-0.1, -0.05) is 73.5 Å². The predicted molar refractivity (Wildman–Crippen MR) is 149 cm³/mol. The highest BCUT2D eigenvalue weighted by Gasteiger charge is 2.52. The van der Waals surface area contributed by atoms with Crippen molar-refractivity contribution >= 4 is 17.6 Å². The molecular formula is C28H34ClN7O3. The number of halogens is 1. The van der Waals surface area contributed by atoms with E-state index in [-0.39, 0.29) is 5.15 Å². The fraction of sp³-hybridized carbons (Fsp3) is 0.393. The topological polar surface area (TPSA) is 122 Å². The molecule has 0 saturated heterocycles. The number of esters is 1. The summed E-state index contributed by atoms with van der Waals surface area (Å²) in [5.74, 6) is 0.661. The van der Waals surface area contributed by atoms with Crippen LogP contribution in [0.15, 0.2) is 48.5 Å². The van der Waals surface area contributed by atoms with Crippen LogP contribution in [-0.2, 0) is 28.0 Å². The summed E-state index contributed by atoms with van der Waals surface area (Å²) in [7, 11) is 4.75. The number of unbranched alkanes of at least 4 members (excludes halogenated alkanes) is 1. The summed E-state index contributed by atoms with van der Waals surface area (Å²) >= 11 is 6.74. The highest BCUT2D eigenvalue weighted by molar-refractivity contribution is 6.30. The number of aromatic amines is 1. The molecule has 0 saturated carbocycles. The van der Waals surface area contributed by atoms with Crippen LogP contribution in [-0.4, -0.2) is 73.5 Å². The van der Waals surface area contributed by atoms with Crippen LogP contribution in [0.5, 0.6) is 0 Å². The summed E-state index contributed by atoms with van der Waals surface area (Å²) in [6.45, 7) is 4.07. The predicted octanol–water partition coefficient (Wildman–Crippen LogP) is 4.09. The maximum absolute atomic E-state index is 13.3. The van der Waals surface area contributed by atoms with Crippen molar-refractivity contribution in [1.82, 2.24) is 35.1 Å². The Morgan fingerprint density at radius 3 is 2.44 bits per heavy atom. The number of aliphatic hydroxyl groups excluding tert-OH is 1. The van der Waals surface area contributed by atoms with Crippen LogP contribution in [0.3, 0.4) is 0 Å². The van der Waals surface area contributed by atoms with E-state index >= 15 is 0 Å². The van der Waals surface area contributed by atoms with E-state index < -0.39 is 17.6 Å². The maximum Gasteiger partial charge on any atom is 0.335 e. The van der Waals surface area contributed by atoms with Gasteiger partial charge in [0, 0.05) is 18.5 Å². The van der Waals surface area contributed by atoms with Gasteiger partial charge in [-0.2, -0.15) is 5.21 Å². The Hall–Kier alpha value is -3.60. The second kappa shape index (κ2) is 12.1. The molecule has 0 radical (unpaired) electrons. The highest BCUT2D eigenvalue weighted by atomic mass is 35.5. The number of hydrogen-bond donors (Lipinski definition) is 2. The lowest BCUT2D eigenvalue weighted by Crippen LogP contribution is -2.57. The van der Waals surface area contributed by atoms with Gasteiger partial charge in [-0.3, -0.25) is 4.90 Å². The van der Waals surface area contributed by atoms with Crippen molar-refractivity contribution in [3.8, 4) is 22.5 Å². The molecule has 1 unspecified atom stereocenters. The number of methoxy groups -OCH3 is 1. The van der Waals surface area contributed by atoms with Crippen LogP contribution < -0.4 is 0 Å². The third kappa shape index (κ3) is 5.32. The number of imidazole rings is 1. The fourth-order valence-corrected chi connectivity index (χ4v) is 5.44. The number of nitrogens with one attached hydrogen (secondary N) is 1. The third-order valence-corrected chi connectivity index (χ3v) is 7.31. The molecule has 4 aromatic rings. The van der Waals surface area contributed by atoms with Crippen molar-refractivity contribution in [1.29, 1.82) is 0 Å². The highest BCUT2D eigenvalue weighted by Crippen LogP contribution is 2.38. The van der Waals surface area contributed by atoms with Crippen LogP contribution in [0.2, 0.25) is 5.15 Å². The zero-order valence-electron chi connectivity index (χ0n) is 22.8. The van der Waals surface area contributed by atoms with Gasteiger partial charge in [0.2, 0.25) is 5.82 Å². The van der Waals surface area contributed by atoms with Crippen molar-refractivity contribution in [2.24, 2.45) is 0 Å². The first-order chi connectivity index (χ1) is 18.7. The van der Waals surface area contributed by atoms with E-state index in [0.717, 1.165) is 40.9 Å². The normalized spacial score (nSPS) is 13.8. The molecule has 0 amide bonds. The van der Waals surface area contributed by atoms with Crippen molar-refractivity contribution < 1.29 is 14.6 Å². The molecule has 2 aromatic carbocycles. The number of hydrogen-bond acceptors (Lipinski definition) is 8. The van der Waals surface area contributed by atoms with Gasteiger partial charge < -0.3 is 14.4 Å². The largest absolute Gasteiger partial charge is 0.467 e. The van der Waals surface area contributed by atoms with Gasteiger partial charge in [-0.05, 0) is 49.3 Å². The lowest BCUT2D eigenvalue weighted by atomic mass is 9.87. The number of rotatable bonds is 11. The molecule has 10 nitrogen and oxygen atoms in total. The summed E-state index contributed by atoms with van der Waals surface area (Å²) < 4.78 is 7.14. The molecule has 0 bridgehead atoms. The zero-order valence-corrected chi connectivity index (χ0v) is 23.6. The fourth-order valence-electron chi connectivity index (χ4n) is 5.09. The summed E-state index contributed by atoms with van der Waals surface area (Å²) in [6.07, 6.45) is 1.42. The van der Waals surface area contributed by atoms with Crippen LogP contribution >= 0.6 is 11.6 Å². The summed E-state index contributed by atoms with van der Waals surface area (Å²) in [6, 6.07) is 16.0. The average molecular weight is 552 g/mol. The molecule has 0 aliphatic carbocycles. The Balaban J connectivity index is 1.79. The van der Waals surface area contributed by atoms with Crippen molar-refractivity contribution in [2.75, 3.05) is 21.2 Å². The van der Waals surface area contributed by atoms with Gasteiger partial charge in [0.1, 0.15) is 5.82 Å². The molecule has 0 spiro atoms. The van der Waals surface area contributed by atoms with Gasteiger partial charge in [0.15, 0.2) is 10.7 Å². The number of aliphatic hydroxyl groups is 1. The van der Waals surface area contributed by atoms with Gasteiger partial charge in [0.05, 0.1) is 18.9 Å². The Labute approximate surface area is 233 Å². The molecule has 2 atom stereocenters. The van der Waals surface area contributed by atoms with Crippen LogP contribution in [0, 0.1) is 0 Å². The van der Waals surface area contributed by atoms with Crippen LogP contribution in [0.4, 0.5) is 0 Å². The Bertz CT molecular complexity index is 1390. The Morgan fingerprint density at radius 1 is 1.18 bits per heavy atom. The van der Waals surface area contributed by atoms with E-state index in [1.54, 1.807) is 25.9 Å². The van der Waals surface area contributed by atoms with Crippen molar-refractivity contribution in [2.45, 2.75) is 51.3 Å². The van der Waals surface area contributed by atoms with Gasteiger partial charge in [-0.15, -0.1) is 10.2 Å². The first-order valence-corrected chi connectivity index (χ1v) is 13.2.